The second kappa shape index (κ2) is 10.1. The van der Waals surface area contributed by atoms with Gasteiger partial charge in [0.1, 0.15) is 5.75 Å². The quantitative estimate of drug-likeness (QED) is 0.255. The van der Waals surface area contributed by atoms with Crippen LogP contribution in [0.15, 0.2) is 96.6 Å². The first kappa shape index (κ1) is 20.9. The van der Waals surface area contributed by atoms with E-state index in [2.05, 4.69) is 16.0 Å². The number of hydrogen-bond donors (Lipinski definition) is 1. The Balaban J connectivity index is 0.000000174. The topological polar surface area (TPSA) is 46.0 Å². The van der Waals surface area contributed by atoms with Crippen LogP contribution in [0, 0.1) is 6.07 Å². The van der Waals surface area contributed by atoms with Crippen LogP contribution >= 0.6 is 11.3 Å². The van der Waals surface area contributed by atoms with E-state index in [9.17, 15) is 5.11 Å². The standard InChI is InChI=1S/C15H11NO.C9H6NS.Ir/c17-14-8-4-3-7-13(14)15-12-6-2-1-5-11(12)9-10-16-15;1-2-6-10-8(4-1)9-5-3-7-11-9;/h1-10,17H;1-4,6-7H;/q;-1;. The molecule has 0 atom stereocenters. The van der Waals surface area contributed by atoms with Gasteiger partial charge in [0.25, 0.3) is 0 Å². The molecule has 0 saturated heterocycles. The van der Waals surface area contributed by atoms with Gasteiger partial charge in [-0.3, -0.25) is 4.98 Å². The summed E-state index contributed by atoms with van der Waals surface area (Å²) in [5.41, 5.74) is 2.59. The number of aromatic nitrogens is 2. The summed E-state index contributed by atoms with van der Waals surface area (Å²) < 4.78 is 0. The molecule has 145 valence electrons. The molecular formula is C24H17IrN2OS-. The number of aromatic hydroxyl groups is 1. The van der Waals surface area contributed by atoms with Crippen LogP contribution in [0.3, 0.4) is 0 Å². The van der Waals surface area contributed by atoms with E-state index in [1.807, 2.05) is 78.2 Å². The minimum Gasteiger partial charge on any atom is -0.507 e. The molecule has 0 bridgehead atoms. The number of fused-ring (bicyclic) bond motifs is 1. The number of hydrogen-bond acceptors (Lipinski definition) is 4. The van der Waals surface area contributed by atoms with Gasteiger partial charge in [0.2, 0.25) is 0 Å². The molecule has 3 heterocycles. The molecule has 3 nitrogen and oxygen atoms in total. The van der Waals surface area contributed by atoms with E-state index in [0.717, 1.165) is 32.6 Å². The van der Waals surface area contributed by atoms with E-state index in [1.165, 1.54) is 0 Å². The zero-order valence-corrected chi connectivity index (χ0v) is 18.5. The average Bonchev–Trinajstić information content (AvgIpc) is 3.30. The second-order valence-corrected chi connectivity index (χ2v) is 6.92. The number of nitrogens with zero attached hydrogens (tertiary/aromatic N) is 2. The number of pyridine rings is 2. The van der Waals surface area contributed by atoms with Crippen molar-refractivity contribution in [2.75, 3.05) is 0 Å². The fraction of sp³-hybridized carbons (Fsp3) is 0. The Morgan fingerprint density at radius 1 is 0.793 bits per heavy atom. The zero-order chi connectivity index (χ0) is 19.2. The molecule has 0 aliphatic carbocycles. The molecule has 1 N–H and O–H groups in total. The predicted octanol–water partition coefficient (Wildman–Crippen LogP) is 6.22. The molecule has 3 aromatic heterocycles. The van der Waals surface area contributed by atoms with Gasteiger partial charge in [-0.15, -0.1) is 5.38 Å². The Morgan fingerprint density at radius 3 is 2.34 bits per heavy atom. The molecule has 0 unspecified atom stereocenters. The minimum absolute atomic E-state index is 0. The van der Waals surface area contributed by atoms with Gasteiger partial charge < -0.3 is 10.1 Å². The second-order valence-electron chi connectivity index (χ2n) is 6.01. The van der Waals surface area contributed by atoms with Gasteiger partial charge in [-0.1, -0.05) is 53.4 Å². The summed E-state index contributed by atoms with van der Waals surface area (Å²) in [4.78, 5) is 9.68. The maximum Gasteiger partial charge on any atom is 0.124 e. The summed E-state index contributed by atoms with van der Waals surface area (Å²) in [5, 5.41) is 14.1. The van der Waals surface area contributed by atoms with E-state index < -0.39 is 0 Å². The van der Waals surface area contributed by atoms with Crippen molar-refractivity contribution in [1.29, 1.82) is 0 Å². The number of benzene rings is 2. The number of para-hydroxylation sites is 1. The smallest absolute Gasteiger partial charge is 0.124 e. The molecular weight excluding hydrogens is 557 g/mol. The Hall–Kier alpha value is -2.85. The van der Waals surface area contributed by atoms with Crippen molar-refractivity contribution in [1.82, 2.24) is 9.97 Å². The monoisotopic (exact) mass is 574 g/mol. The van der Waals surface area contributed by atoms with Gasteiger partial charge in [-0.25, -0.2) is 11.3 Å². The van der Waals surface area contributed by atoms with Gasteiger partial charge in [-0.05, 0) is 35.3 Å². The van der Waals surface area contributed by atoms with Crippen molar-refractivity contribution in [3.8, 4) is 27.6 Å². The minimum atomic E-state index is 0. The molecule has 0 fully saturated rings. The molecule has 5 heteroatoms. The summed E-state index contributed by atoms with van der Waals surface area (Å²) in [7, 11) is 0. The first-order valence-electron chi connectivity index (χ1n) is 8.81. The van der Waals surface area contributed by atoms with Gasteiger partial charge in [-0.2, -0.15) is 12.1 Å². The van der Waals surface area contributed by atoms with Crippen molar-refractivity contribution in [2.24, 2.45) is 0 Å². The molecule has 29 heavy (non-hydrogen) atoms. The van der Waals surface area contributed by atoms with Crippen molar-refractivity contribution < 1.29 is 25.2 Å². The van der Waals surface area contributed by atoms with E-state index in [0.29, 0.717) is 0 Å². The SMILES string of the molecule is Oc1ccccc1-c1nccc2ccccc12.[Ir].[c-]1ccsc1-c1ccccn1. The Labute approximate surface area is 187 Å². The van der Waals surface area contributed by atoms with Crippen LogP contribution in [-0.2, 0) is 20.1 Å². The van der Waals surface area contributed by atoms with Gasteiger partial charge in [0.15, 0.2) is 0 Å². The van der Waals surface area contributed by atoms with Crippen LogP contribution in [0.5, 0.6) is 5.75 Å². The van der Waals surface area contributed by atoms with Crippen LogP contribution in [-0.4, -0.2) is 15.1 Å². The normalized spacial score (nSPS) is 9.93. The molecule has 5 rings (SSSR count). The molecule has 0 aliphatic rings. The summed E-state index contributed by atoms with van der Waals surface area (Å²) >= 11 is 1.66. The maximum absolute atomic E-state index is 9.88. The third-order valence-corrected chi connectivity index (χ3v) is 5.03. The molecule has 2 aromatic carbocycles. The molecule has 0 aliphatic heterocycles. The predicted molar refractivity (Wildman–Crippen MR) is 115 cm³/mol. The number of thiophene rings is 1. The third kappa shape index (κ3) is 4.96. The fourth-order valence-corrected chi connectivity index (χ4v) is 3.54. The van der Waals surface area contributed by atoms with Gasteiger partial charge in [0, 0.05) is 43.4 Å². The summed E-state index contributed by atoms with van der Waals surface area (Å²) in [6.45, 7) is 0. The number of rotatable bonds is 2. The van der Waals surface area contributed by atoms with Crippen LogP contribution in [0.1, 0.15) is 0 Å². The summed E-state index contributed by atoms with van der Waals surface area (Å²) in [6.07, 6.45) is 3.56. The molecule has 0 amide bonds. The maximum atomic E-state index is 9.88. The van der Waals surface area contributed by atoms with E-state index in [-0.39, 0.29) is 25.9 Å². The summed E-state index contributed by atoms with van der Waals surface area (Å²) in [5.74, 6) is 0.261. The van der Waals surface area contributed by atoms with E-state index in [4.69, 9.17) is 0 Å². The largest absolute Gasteiger partial charge is 0.507 e. The molecule has 0 spiro atoms. The van der Waals surface area contributed by atoms with E-state index in [1.54, 1.807) is 29.8 Å². The van der Waals surface area contributed by atoms with Gasteiger partial charge >= 0.3 is 0 Å². The third-order valence-electron chi connectivity index (χ3n) is 4.20. The van der Waals surface area contributed by atoms with Crippen LogP contribution in [0.25, 0.3) is 32.6 Å². The van der Waals surface area contributed by atoms with Crippen molar-refractivity contribution in [2.45, 2.75) is 0 Å². The molecule has 5 aromatic rings. The number of phenolic OH excluding ortho intramolecular Hbond substituents is 1. The Kier molecular flexibility index (Phi) is 7.25. The fourth-order valence-electron chi connectivity index (χ4n) is 2.89. The van der Waals surface area contributed by atoms with Crippen molar-refractivity contribution in [3.63, 3.8) is 0 Å². The first-order chi connectivity index (χ1) is 13.8. The molecule has 1 radical (unpaired) electrons. The number of phenols is 1. The Bertz CT molecular complexity index is 1170. The van der Waals surface area contributed by atoms with Gasteiger partial charge in [0.05, 0.1) is 5.69 Å². The zero-order valence-electron chi connectivity index (χ0n) is 15.3. The van der Waals surface area contributed by atoms with Crippen molar-refractivity contribution >= 4 is 22.1 Å². The first-order valence-corrected chi connectivity index (χ1v) is 9.69. The van der Waals surface area contributed by atoms with Crippen LogP contribution < -0.4 is 0 Å². The van der Waals surface area contributed by atoms with Crippen LogP contribution in [0.4, 0.5) is 0 Å². The van der Waals surface area contributed by atoms with E-state index >= 15 is 0 Å². The average molecular weight is 574 g/mol. The van der Waals surface area contributed by atoms with Crippen molar-refractivity contribution in [3.05, 3.63) is 103 Å². The Morgan fingerprint density at radius 2 is 1.59 bits per heavy atom. The van der Waals surface area contributed by atoms with Crippen LogP contribution in [0.2, 0.25) is 0 Å². The summed E-state index contributed by atoms with van der Waals surface area (Å²) in [6, 6.07) is 28.2. The molecule has 0 saturated carbocycles.